The standard InChI is InChI=1S/C21H19N3O2/c1-14(15-8-4-2-5-9-15)24-20-17(12-13-18(22)23-20)26-19(21(24)25)16-10-6-3-7-11-16/h2-14,19H,1H3,(H2,22,23). The molecule has 0 bridgehead atoms. The van der Waals surface area contributed by atoms with E-state index in [2.05, 4.69) is 4.98 Å². The molecule has 0 fully saturated rings. The van der Waals surface area contributed by atoms with Crippen molar-refractivity contribution in [2.75, 3.05) is 10.6 Å². The van der Waals surface area contributed by atoms with Gasteiger partial charge < -0.3 is 10.5 Å². The predicted octanol–water partition coefficient (Wildman–Crippen LogP) is 3.89. The molecule has 0 saturated heterocycles. The third kappa shape index (κ3) is 2.77. The van der Waals surface area contributed by atoms with Crippen LogP contribution in [0.25, 0.3) is 0 Å². The molecule has 1 aromatic heterocycles. The Hall–Kier alpha value is -3.34. The van der Waals surface area contributed by atoms with Crippen molar-refractivity contribution in [3.8, 4) is 5.75 Å². The molecule has 2 aromatic carbocycles. The monoisotopic (exact) mass is 345 g/mol. The summed E-state index contributed by atoms with van der Waals surface area (Å²) in [4.78, 5) is 19.4. The fourth-order valence-electron chi connectivity index (χ4n) is 3.22. The van der Waals surface area contributed by atoms with Crippen molar-refractivity contribution >= 4 is 17.5 Å². The van der Waals surface area contributed by atoms with E-state index >= 15 is 0 Å². The van der Waals surface area contributed by atoms with Gasteiger partial charge in [-0.2, -0.15) is 0 Å². The van der Waals surface area contributed by atoms with E-state index < -0.39 is 6.10 Å². The van der Waals surface area contributed by atoms with Crippen LogP contribution in [0.1, 0.15) is 30.2 Å². The Morgan fingerprint density at radius 3 is 2.35 bits per heavy atom. The van der Waals surface area contributed by atoms with E-state index in [1.807, 2.05) is 67.6 Å². The van der Waals surface area contributed by atoms with Crippen LogP contribution in [0.3, 0.4) is 0 Å². The molecule has 5 nitrogen and oxygen atoms in total. The Bertz CT molecular complexity index is 929. The Kier molecular flexibility index (Phi) is 4.05. The second kappa shape index (κ2) is 6.52. The molecule has 3 aromatic rings. The summed E-state index contributed by atoms with van der Waals surface area (Å²) in [6.07, 6.45) is -0.708. The van der Waals surface area contributed by atoms with Crippen molar-refractivity contribution < 1.29 is 9.53 Å². The number of aromatic nitrogens is 1. The van der Waals surface area contributed by atoms with Gasteiger partial charge in [0, 0.05) is 5.56 Å². The van der Waals surface area contributed by atoms with Gasteiger partial charge in [-0.25, -0.2) is 4.98 Å². The lowest BCUT2D eigenvalue weighted by atomic mass is 10.0. The molecule has 26 heavy (non-hydrogen) atoms. The highest BCUT2D eigenvalue weighted by atomic mass is 16.5. The van der Waals surface area contributed by atoms with Gasteiger partial charge in [-0.1, -0.05) is 60.7 Å². The van der Waals surface area contributed by atoms with Gasteiger partial charge in [0.2, 0.25) is 6.10 Å². The van der Waals surface area contributed by atoms with Crippen LogP contribution < -0.4 is 15.4 Å². The quantitative estimate of drug-likeness (QED) is 0.782. The van der Waals surface area contributed by atoms with Crippen molar-refractivity contribution in [2.24, 2.45) is 0 Å². The van der Waals surface area contributed by atoms with Gasteiger partial charge in [0.25, 0.3) is 5.91 Å². The van der Waals surface area contributed by atoms with E-state index in [0.717, 1.165) is 11.1 Å². The molecule has 0 saturated carbocycles. The van der Waals surface area contributed by atoms with Gasteiger partial charge in [-0.3, -0.25) is 9.69 Å². The molecule has 130 valence electrons. The summed E-state index contributed by atoms with van der Waals surface area (Å²) >= 11 is 0. The molecule has 2 atom stereocenters. The van der Waals surface area contributed by atoms with Crippen LogP contribution in [-0.2, 0) is 4.79 Å². The molecular formula is C21H19N3O2. The Morgan fingerprint density at radius 1 is 1.00 bits per heavy atom. The highest BCUT2D eigenvalue weighted by Gasteiger charge is 2.39. The summed E-state index contributed by atoms with van der Waals surface area (Å²) < 4.78 is 5.99. The van der Waals surface area contributed by atoms with Crippen molar-refractivity contribution in [2.45, 2.75) is 19.1 Å². The van der Waals surface area contributed by atoms with Crippen LogP contribution in [0.5, 0.6) is 5.75 Å². The first kappa shape index (κ1) is 16.1. The van der Waals surface area contributed by atoms with Crippen molar-refractivity contribution in [3.05, 3.63) is 83.9 Å². The molecule has 2 N–H and O–H groups in total. The minimum absolute atomic E-state index is 0.154. The van der Waals surface area contributed by atoms with E-state index in [-0.39, 0.29) is 11.9 Å². The fraction of sp³-hybridized carbons (Fsp3) is 0.143. The Balaban J connectivity index is 1.82. The zero-order valence-corrected chi connectivity index (χ0v) is 14.4. The number of anilines is 2. The van der Waals surface area contributed by atoms with E-state index in [9.17, 15) is 4.79 Å². The number of hydrogen-bond donors (Lipinski definition) is 1. The number of carbonyl (C=O) groups excluding carboxylic acids is 1. The molecule has 4 rings (SSSR count). The van der Waals surface area contributed by atoms with E-state index in [1.165, 1.54) is 0 Å². The lowest BCUT2D eigenvalue weighted by Crippen LogP contribution is -2.43. The third-order valence-electron chi connectivity index (χ3n) is 4.57. The normalized spacial score (nSPS) is 17.3. The average molecular weight is 345 g/mol. The van der Waals surface area contributed by atoms with Crippen molar-refractivity contribution in [1.82, 2.24) is 4.98 Å². The average Bonchev–Trinajstić information content (AvgIpc) is 2.68. The summed E-state index contributed by atoms with van der Waals surface area (Å²) in [7, 11) is 0. The number of fused-ring (bicyclic) bond motifs is 1. The highest BCUT2D eigenvalue weighted by Crippen LogP contribution is 2.42. The largest absolute Gasteiger partial charge is 0.472 e. The lowest BCUT2D eigenvalue weighted by Gasteiger charge is -2.37. The number of ether oxygens (including phenoxy) is 1. The topological polar surface area (TPSA) is 68.5 Å². The third-order valence-corrected chi connectivity index (χ3v) is 4.57. The number of rotatable bonds is 3. The van der Waals surface area contributed by atoms with E-state index in [1.54, 1.807) is 17.0 Å². The van der Waals surface area contributed by atoms with Gasteiger partial charge in [-0.15, -0.1) is 0 Å². The molecule has 0 aliphatic carbocycles. The van der Waals surface area contributed by atoms with Gasteiger partial charge in [0.05, 0.1) is 6.04 Å². The number of hydrogen-bond acceptors (Lipinski definition) is 4. The maximum atomic E-state index is 13.3. The second-order valence-corrected chi connectivity index (χ2v) is 6.26. The zero-order valence-electron chi connectivity index (χ0n) is 14.4. The summed E-state index contributed by atoms with van der Waals surface area (Å²) in [5, 5.41) is 0. The first-order valence-electron chi connectivity index (χ1n) is 8.51. The van der Waals surface area contributed by atoms with E-state index in [0.29, 0.717) is 17.4 Å². The van der Waals surface area contributed by atoms with Gasteiger partial charge in [0.1, 0.15) is 5.82 Å². The molecule has 0 radical (unpaired) electrons. The SMILES string of the molecule is CC(c1ccccc1)N1C(=O)C(c2ccccc2)Oc2ccc(N)nc21. The maximum absolute atomic E-state index is 13.3. The van der Waals surface area contributed by atoms with Crippen LogP contribution in [0.2, 0.25) is 0 Å². The molecule has 5 heteroatoms. The number of nitrogens with zero attached hydrogens (tertiary/aromatic N) is 2. The van der Waals surface area contributed by atoms with Gasteiger partial charge in [0.15, 0.2) is 11.6 Å². The maximum Gasteiger partial charge on any atom is 0.274 e. The Labute approximate surface area is 152 Å². The minimum atomic E-state index is -0.708. The predicted molar refractivity (Wildman–Crippen MR) is 101 cm³/mol. The minimum Gasteiger partial charge on any atom is -0.472 e. The summed E-state index contributed by atoms with van der Waals surface area (Å²) in [5.74, 6) is 1.20. The van der Waals surface area contributed by atoms with Crippen LogP contribution >= 0.6 is 0 Å². The van der Waals surface area contributed by atoms with Crippen molar-refractivity contribution in [1.29, 1.82) is 0 Å². The zero-order chi connectivity index (χ0) is 18.1. The number of nitrogens with two attached hydrogens (primary N) is 1. The summed E-state index contributed by atoms with van der Waals surface area (Å²) in [6.45, 7) is 1.98. The highest BCUT2D eigenvalue weighted by molar-refractivity contribution is 6.00. The van der Waals surface area contributed by atoms with Crippen LogP contribution in [0.4, 0.5) is 11.6 Å². The number of benzene rings is 2. The van der Waals surface area contributed by atoms with Gasteiger partial charge >= 0.3 is 0 Å². The molecule has 0 spiro atoms. The summed E-state index contributed by atoms with van der Waals surface area (Å²) in [6, 6.07) is 22.6. The molecule has 2 unspecified atom stereocenters. The number of amides is 1. The first-order valence-corrected chi connectivity index (χ1v) is 8.51. The van der Waals surface area contributed by atoms with Crippen LogP contribution in [0, 0.1) is 0 Å². The Morgan fingerprint density at radius 2 is 1.65 bits per heavy atom. The molecule has 2 heterocycles. The second-order valence-electron chi connectivity index (χ2n) is 6.26. The number of nitrogen functional groups attached to an aromatic ring is 1. The first-order chi connectivity index (χ1) is 12.6. The summed E-state index contributed by atoms with van der Waals surface area (Å²) in [5.41, 5.74) is 7.70. The number of pyridine rings is 1. The molecule has 1 amide bonds. The van der Waals surface area contributed by atoms with Crippen LogP contribution in [-0.4, -0.2) is 10.9 Å². The fourth-order valence-corrected chi connectivity index (χ4v) is 3.22. The molecule has 1 aliphatic heterocycles. The van der Waals surface area contributed by atoms with Gasteiger partial charge in [-0.05, 0) is 24.6 Å². The van der Waals surface area contributed by atoms with Crippen molar-refractivity contribution in [3.63, 3.8) is 0 Å². The van der Waals surface area contributed by atoms with Crippen LogP contribution in [0.15, 0.2) is 72.8 Å². The molecule has 1 aliphatic rings. The number of carbonyl (C=O) groups is 1. The molecular weight excluding hydrogens is 326 g/mol. The lowest BCUT2D eigenvalue weighted by molar-refractivity contribution is -0.127. The smallest absolute Gasteiger partial charge is 0.274 e. The van der Waals surface area contributed by atoms with E-state index in [4.69, 9.17) is 10.5 Å².